The fraction of sp³-hybridized carbons (Fsp3) is 0.471. The number of anilines is 1. The Kier molecular flexibility index (Phi) is 7.59. The number of piperidine rings is 1. The minimum Gasteiger partial charge on any atom is -0.492 e. The van der Waals surface area contributed by atoms with E-state index in [9.17, 15) is 21.6 Å². The molecule has 3 rings (SSSR count). The van der Waals surface area contributed by atoms with Crippen molar-refractivity contribution >= 4 is 42.4 Å². The number of nitrogens with one attached hydrogen (secondary N) is 2. The molecular weight excluding hydrogens is 466 g/mol. The number of benzene rings is 1. The summed E-state index contributed by atoms with van der Waals surface area (Å²) in [4.78, 5) is 11.2. The van der Waals surface area contributed by atoms with Crippen molar-refractivity contribution in [3.05, 3.63) is 24.3 Å². The molecule has 14 heteroatoms. The number of hydrogen-bond donors (Lipinski definition) is 2. The maximum absolute atomic E-state index is 12.6. The Morgan fingerprint density at radius 1 is 1.10 bits per heavy atom. The predicted molar refractivity (Wildman–Crippen MR) is 114 cm³/mol. The first-order chi connectivity index (χ1) is 14.7. The average molecular weight is 490 g/mol. The number of nitrogens with zero attached hydrogens (tertiary/aromatic N) is 3. The van der Waals surface area contributed by atoms with Crippen LogP contribution in [-0.4, -0.2) is 63.5 Å². The van der Waals surface area contributed by atoms with Crippen molar-refractivity contribution in [2.24, 2.45) is 0 Å². The lowest BCUT2D eigenvalue weighted by molar-refractivity contribution is -0.114. The van der Waals surface area contributed by atoms with Crippen LogP contribution in [0.4, 0.5) is 5.13 Å². The van der Waals surface area contributed by atoms with Crippen LogP contribution in [-0.2, 0) is 24.8 Å². The third kappa shape index (κ3) is 6.20. The smallest absolute Gasteiger partial charge is 0.269 e. The van der Waals surface area contributed by atoms with Crippen LogP contribution >= 0.6 is 11.3 Å². The van der Waals surface area contributed by atoms with Crippen molar-refractivity contribution in [3.8, 4) is 5.75 Å². The van der Waals surface area contributed by atoms with Gasteiger partial charge in [0, 0.05) is 26.6 Å². The minimum absolute atomic E-state index is 0.0226. The molecular formula is C17H23N5O6S3. The molecule has 0 unspecified atom stereocenters. The highest BCUT2D eigenvalue weighted by molar-refractivity contribution is 7.91. The van der Waals surface area contributed by atoms with Crippen LogP contribution in [0, 0.1) is 0 Å². The average Bonchev–Trinajstić information content (AvgIpc) is 3.21. The largest absolute Gasteiger partial charge is 0.492 e. The second-order valence-corrected chi connectivity index (χ2v) is 11.6. The third-order valence-electron chi connectivity index (χ3n) is 4.36. The van der Waals surface area contributed by atoms with E-state index in [2.05, 4.69) is 20.2 Å². The molecule has 1 aromatic carbocycles. The maximum Gasteiger partial charge on any atom is 0.269 e. The van der Waals surface area contributed by atoms with E-state index in [1.54, 1.807) is 0 Å². The second kappa shape index (κ2) is 9.99. The summed E-state index contributed by atoms with van der Waals surface area (Å²) in [5, 5.41) is 9.60. The van der Waals surface area contributed by atoms with E-state index in [-0.39, 0.29) is 33.4 Å². The zero-order valence-electron chi connectivity index (χ0n) is 16.8. The van der Waals surface area contributed by atoms with E-state index in [0.29, 0.717) is 18.8 Å². The number of rotatable bonds is 9. The molecule has 1 aliphatic rings. The Morgan fingerprint density at radius 2 is 1.77 bits per heavy atom. The van der Waals surface area contributed by atoms with Gasteiger partial charge in [0.1, 0.15) is 12.4 Å². The van der Waals surface area contributed by atoms with E-state index in [1.807, 2.05) is 0 Å². The van der Waals surface area contributed by atoms with Gasteiger partial charge >= 0.3 is 0 Å². The van der Waals surface area contributed by atoms with Gasteiger partial charge in [0.05, 0.1) is 4.90 Å². The summed E-state index contributed by atoms with van der Waals surface area (Å²) in [6, 6.07) is 6.04. The molecule has 2 N–H and O–H groups in total. The molecule has 0 atom stereocenters. The number of aromatic nitrogens is 2. The van der Waals surface area contributed by atoms with Crippen molar-refractivity contribution in [2.45, 2.75) is 35.4 Å². The van der Waals surface area contributed by atoms with Crippen molar-refractivity contribution in [1.29, 1.82) is 0 Å². The molecule has 1 fully saturated rings. The van der Waals surface area contributed by atoms with Crippen LogP contribution in [0.1, 0.15) is 26.2 Å². The Balaban J connectivity index is 1.50. The predicted octanol–water partition coefficient (Wildman–Crippen LogP) is 1.03. The van der Waals surface area contributed by atoms with Gasteiger partial charge in [-0.2, -0.15) is 4.31 Å². The number of hydrogen-bond acceptors (Lipinski definition) is 9. The maximum atomic E-state index is 12.6. The monoisotopic (exact) mass is 489 g/mol. The van der Waals surface area contributed by atoms with Gasteiger partial charge in [0.25, 0.3) is 10.0 Å². The minimum atomic E-state index is -3.89. The first-order valence-corrected chi connectivity index (χ1v) is 13.3. The molecule has 170 valence electrons. The van der Waals surface area contributed by atoms with Crippen LogP contribution in [0.15, 0.2) is 33.5 Å². The Hall–Kier alpha value is -2.13. The van der Waals surface area contributed by atoms with Crippen LogP contribution < -0.4 is 14.8 Å². The van der Waals surface area contributed by atoms with E-state index in [4.69, 9.17) is 4.74 Å². The van der Waals surface area contributed by atoms with Gasteiger partial charge in [0.2, 0.25) is 25.4 Å². The number of amides is 1. The molecule has 0 saturated carbocycles. The highest BCUT2D eigenvalue weighted by Crippen LogP contribution is 2.23. The van der Waals surface area contributed by atoms with Crippen LogP contribution in [0.2, 0.25) is 0 Å². The molecule has 11 nitrogen and oxygen atoms in total. The number of ether oxygens (including phenoxy) is 1. The lowest BCUT2D eigenvalue weighted by atomic mass is 10.2. The molecule has 1 amide bonds. The molecule has 2 heterocycles. The summed E-state index contributed by atoms with van der Waals surface area (Å²) in [6.45, 7) is 2.32. The zero-order chi connectivity index (χ0) is 22.5. The lowest BCUT2D eigenvalue weighted by Crippen LogP contribution is -2.35. The molecule has 1 aliphatic heterocycles. The fourth-order valence-electron chi connectivity index (χ4n) is 2.89. The number of carbonyl (C=O) groups excluding carboxylic acids is 1. The quantitative estimate of drug-likeness (QED) is 0.392. The van der Waals surface area contributed by atoms with Crippen molar-refractivity contribution < 1.29 is 26.4 Å². The highest BCUT2D eigenvalue weighted by atomic mass is 32.2. The molecule has 1 aromatic heterocycles. The first-order valence-electron chi connectivity index (χ1n) is 9.52. The highest BCUT2D eigenvalue weighted by Gasteiger charge is 2.25. The molecule has 0 bridgehead atoms. The first kappa shape index (κ1) is 23.5. The van der Waals surface area contributed by atoms with Crippen molar-refractivity contribution in [2.75, 3.05) is 31.6 Å². The van der Waals surface area contributed by atoms with Gasteiger partial charge in [-0.05, 0) is 37.1 Å². The standard InChI is InChI=1S/C17H23N5O6S3/c1-13(23)19-16-20-21-17(29-16)30(24,25)18-9-12-28-14-5-7-15(8-6-14)31(26,27)22-10-3-2-4-11-22/h5-8,18H,2-4,9-12H2,1H3,(H,19,20,23). The second-order valence-electron chi connectivity index (χ2n) is 6.74. The molecule has 0 spiro atoms. The Bertz CT molecular complexity index is 1110. The van der Waals surface area contributed by atoms with Gasteiger partial charge in [-0.1, -0.05) is 17.8 Å². The van der Waals surface area contributed by atoms with Crippen LogP contribution in [0.5, 0.6) is 5.75 Å². The SMILES string of the molecule is CC(=O)Nc1nnc(S(=O)(=O)NCCOc2ccc(S(=O)(=O)N3CCCCC3)cc2)s1. The normalized spacial score (nSPS) is 15.5. The number of carbonyl (C=O) groups is 1. The summed E-state index contributed by atoms with van der Waals surface area (Å²) in [7, 11) is -7.40. The summed E-state index contributed by atoms with van der Waals surface area (Å²) in [5.41, 5.74) is 0. The van der Waals surface area contributed by atoms with Gasteiger partial charge < -0.3 is 10.1 Å². The number of sulfonamides is 2. The molecule has 2 aromatic rings. The van der Waals surface area contributed by atoms with Gasteiger partial charge in [0.15, 0.2) is 0 Å². The van der Waals surface area contributed by atoms with E-state index in [0.717, 1.165) is 30.6 Å². The van der Waals surface area contributed by atoms with E-state index >= 15 is 0 Å². The summed E-state index contributed by atoms with van der Waals surface area (Å²) in [6.07, 6.45) is 2.77. The van der Waals surface area contributed by atoms with Gasteiger partial charge in [-0.25, -0.2) is 21.6 Å². The van der Waals surface area contributed by atoms with Gasteiger partial charge in [-0.3, -0.25) is 4.79 Å². The zero-order valence-corrected chi connectivity index (χ0v) is 19.2. The fourth-order valence-corrected chi connectivity index (χ4v) is 6.41. The van der Waals surface area contributed by atoms with Crippen molar-refractivity contribution in [1.82, 2.24) is 19.2 Å². The van der Waals surface area contributed by atoms with Gasteiger partial charge in [-0.15, -0.1) is 10.2 Å². The van der Waals surface area contributed by atoms with Crippen LogP contribution in [0.3, 0.4) is 0 Å². The summed E-state index contributed by atoms with van der Waals surface area (Å²) < 4.78 is 58.7. The molecule has 0 aliphatic carbocycles. The summed E-state index contributed by atoms with van der Waals surface area (Å²) in [5.74, 6) is 0.0388. The molecule has 1 saturated heterocycles. The Morgan fingerprint density at radius 3 is 2.42 bits per heavy atom. The third-order valence-corrected chi connectivity index (χ3v) is 8.94. The van der Waals surface area contributed by atoms with Crippen LogP contribution in [0.25, 0.3) is 0 Å². The lowest BCUT2D eigenvalue weighted by Gasteiger charge is -2.25. The topological polar surface area (TPSA) is 148 Å². The summed E-state index contributed by atoms with van der Waals surface area (Å²) >= 11 is 0.732. The van der Waals surface area contributed by atoms with E-state index in [1.165, 1.54) is 35.5 Å². The van der Waals surface area contributed by atoms with Crippen molar-refractivity contribution in [3.63, 3.8) is 0 Å². The molecule has 31 heavy (non-hydrogen) atoms. The Labute approximate surface area is 184 Å². The van der Waals surface area contributed by atoms with E-state index < -0.39 is 20.0 Å². The molecule has 0 radical (unpaired) electrons.